The van der Waals surface area contributed by atoms with E-state index in [9.17, 15) is 9.59 Å². The Morgan fingerprint density at radius 1 is 1.06 bits per heavy atom. The molecule has 6 nitrogen and oxygen atoms in total. The highest BCUT2D eigenvalue weighted by molar-refractivity contribution is 5.76. The second-order valence-electron chi connectivity index (χ2n) is 4.65. The first kappa shape index (κ1) is 14.9. The van der Waals surface area contributed by atoms with E-state index in [1.807, 2.05) is 9.80 Å². The third kappa shape index (κ3) is 5.46. The Labute approximate surface area is 108 Å². The van der Waals surface area contributed by atoms with E-state index in [1.54, 1.807) is 0 Å². The number of amides is 1. The van der Waals surface area contributed by atoms with E-state index in [2.05, 4.69) is 0 Å². The van der Waals surface area contributed by atoms with Crippen LogP contribution in [0.3, 0.4) is 0 Å². The summed E-state index contributed by atoms with van der Waals surface area (Å²) in [5.41, 5.74) is 5.39. The third-order valence-electron chi connectivity index (χ3n) is 3.18. The summed E-state index contributed by atoms with van der Waals surface area (Å²) in [6.45, 7) is 3.34. The minimum Gasteiger partial charge on any atom is -0.480 e. The Balaban J connectivity index is 2.17. The van der Waals surface area contributed by atoms with Gasteiger partial charge in [-0.05, 0) is 19.4 Å². The van der Waals surface area contributed by atoms with Crippen LogP contribution in [0.25, 0.3) is 0 Å². The van der Waals surface area contributed by atoms with Gasteiger partial charge in [-0.3, -0.25) is 14.5 Å². The fraction of sp³-hybridized carbons (Fsp3) is 0.833. The molecule has 18 heavy (non-hydrogen) atoms. The molecule has 1 rings (SSSR count). The third-order valence-corrected chi connectivity index (χ3v) is 3.18. The molecule has 0 bridgehead atoms. The number of carboxylic acid groups (broad SMARTS) is 1. The molecule has 1 aliphatic rings. The lowest BCUT2D eigenvalue weighted by Crippen LogP contribution is -2.49. The normalized spacial score (nSPS) is 16.8. The number of nitrogens with two attached hydrogens (primary N) is 1. The Kier molecular flexibility index (Phi) is 6.67. The van der Waals surface area contributed by atoms with Crippen LogP contribution in [-0.2, 0) is 9.59 Å². The Morgan fingerprint density at radius 2 is 1.72 bits per heavy atom. The van der Waals surface area contributed by atoms with Crippen LogP contribution in [0.2, 0.25) is 0 Å². The average Bonchev–Trinajstić information content (AvgIpc) is 2.34. The van der Waals surface area contributed by atoms with Crippen molar-refractivity contribution in [1.29, 1.82) is 0 Å². The molecule has 0 aromatic heterocycles. The average molecular weight is 257 g/mol. The highest BCUT2D eigenvalue weighted by Gasteiger charge is 2.21. The number of piperazine rings is 1. The van der Waals surface area contributed by atoms with Gasteiger partial charge in [-0.1, -0.05) is 6.42 Å². The van der Waals surface area contributed by atoms with Crippen molar-refractivity contribution in [2.45, 2.75) is 25.7 Å². The molecule has 0 atom stereocenters. The van der Waals surface area contributed by atoms with Crippen LogP contribution in [0.5, 0.6) is 0 Å². The molecule has 3 N–H and O–H groups in total. The lowest BCUT2D eigenvalue weighted by molar-refractivity contribution is -0.139. The van der Waals surface area contributed by atoms with Crippen molar-refractivity contribution in [1.82, 2.24) is 9.80 Å². The second-order valence-corrected chi connectivity index (χ2v) is 4.65. The molecule has 0 saturated carbocycles. The van der Waals surface area contributed by atoms with Gasteiger partial charge in [-0.2, -0.15) is 0 Å². The number of hydrogen-bond acceptors (Lipinski definition) is 4. The van der Waals surface area contributed by atoms with E-state index in [0.717, 1.165) is 19.3 Å². The van der Waals surface area contributed by atoms with Gasteiger partial charge in [0.15, 0.2) is 0 Å². The number of carbonyl (C=O) groups excluding carboxylic acids is 1. The largest absolute Gasteiger partial charge is 0.480 e. The molecule has 0 spiro atoms. The molecular weight excluding hydrogens is 234 g/mol. The lowest BCUT2D eigenvalue weighted by atomic mass is 10.1. The van der Waals surface area contributed by atoms with E-state index < -0.39 is 5.97 Å². The molecule has 1 aliphatic heterocycles. The van der Waals surface area contributed by atoms with Gasteiger partial charge in [-0.25, -0.2) is 0 Å². The van der Waals surface area contributed by atoms with Crippen molar-refractivity contribution in [3.05, 3.63) is 0 Å². The van der Waals surface area contributed by atoms with Gasteiger partial charge in [0.05, 0.1) is 6.54 Å². The molecule has 6 heteroatoms. The number of rotatable bonds is 7. The summed E-state index contributed by atoms with van der Waals surface area (Å²) >= 11 is 0. The maximum Gasteiger partial charge on any atom is 0.317 e. The van der Waals surface area contributed by atoms with Crippen LogP contribution >= 0.6 is 0 Å². The van der Waals surface area contributed by atoms with E-state index in [4.69, 9.17) is 10.8 Å². The molecule has 1 fully saturated rings. The number of carboxylic acids is 1. The van der Waals surface area contributed by atoms with Crippen molar-refractivity contribution < 1.29 is 14.7 Å². The quantitative estimate of drug-likeness (QED) is 0.613. The fourth-order valence-electron chi connectivity index (χ4n) is 2.10. The molecule has 0 radical (unpaired) electrons. The summed E-state index contributed by atoms with van der Waals surface area (Å²) in [4.78, 5) is 26.1. The van der Waals surface area contributed by atoms with E-state index in [1.165, 1.54) is 0 Å². The maximum absolute atomic E-state index is 11.8. The first-order valence-electron chi connectivity index (χ1n) is 6.55. The zero-order chi connectivity index (χ0) is 13.4. The summed E-state index contributed by atoms with van der Waals surface area (Å²) < 4.78 is 0. The van der Waals surface area contributed by atoms with Crippen LogP contribution in [-0.4, -0.2) is 66.1 Å². The second kappa shape index (κ2) is 8.05. The molecule has 0 aliphatic carbocycles. The fourth-order valence-corrected chi connectivity index (χ4v) is 2.10. The van der Waals surface area contributed by atoms with Crippen LogP contribution in [0.4, 0.5) is 0 Å². The van der Waals surface area contributed by atoms with Crippen molar-refractivity contribution in [2.24, 2.45) is 5.73 Å². The lowest BCUT2D eigenvalue weighted by Gasteiger charge is -2.33. The molecule has 1 heterocycles. The van der Waals surface area contributed by atoms with Gasteiger partial charge < -0.3 is 15.7 Å². The summed E-state index contributed by atoms with van der Waals surface area (Å²) in [5.74, 6) is -0.626. The molecule has 1 saturated heterocycles. The Hall–Kier alpha value is -1.14. The number of carbonyl (C=O) groups is 2. The topological polar surface area (TPSA) is 86.9 Å². The smallest absolute Gasteiger partial charge is 0.317 e. The van der Waals surface area contributed by atoms with Gasteiger partial charge in [-0.15, -0.1) is 0 Å². The Morgan fingerprint density at radius 3 is 2.28 bits per heavy atom. The number of unbranched alkanes of at least 4 members (excludes halogenated alkanes) is 2. The van der Waals surface area contributed by atoms with E-state index in [0.29, 0.717) is 39.1 Å². The Bertz CT molecular complexity index is 276. The minimum atomic E-state index is -0.809. The van der Waals surface area contributed by atoms with Crippen molar-refractivity contribution >= 4 is 11.9 Å². The predicted octanol–water partition coefficient (Wildman–Crippen LogP) is -0.266. The summed E-state index contributed by atoms with van der Waals surface area (Å²) in [7, 11) is 0. The zero-order valence-electron chi connectivity index (χ0n) is 10.8. The maximum atomic E-state index is 11.8. The van der Waals surface area contributed by atoms with Crippen molar-refractivity contribution in [3.8, 4) is 0 Å². The monoisotopic (exact) mass is 257 g/mol. The number of aliphatic carboxylic acids is 1. The van der Waals surface area contributed by atoms with Crippen molar-refractivity contribution in [3.63, 3.8) is 0 Å². The molecule has 0 aromatic carbocycles. The van der Waals surface area contributed by atoms with Gasteiger partial charge in [0.2, 0.25) is 5.91 Å². The van der Waals surface area contributed by atoms with E-state index in [-0.39, 0.29) is 12.5 Å². The molecule has 0 unspecified atom stereocenters. The van der Waals surface area contributed by atoms with E-state index >= 15 is 0 Å². The summed E-state index contributed by atoms with van der Waals surface area (Å²) in [6, 6.07) is 0. The van der Waals surface area contributed by atoms with Gasteiger partial charge >= 0.3 is 5.97 Å². The summed E-state index contributed by atoms with van der Waals surface area (Å²) in [6.07, 6.45) is 3.45. The van der Waals surface area contributed by atoms with Crippen LogP contribution < -0.4 is 5.73 Å². The number of nitrogens with zero attached hydrogens (tertiary/aromatic N) is 2. The van der Waals surface area contributed by atoms with Crippen LogP contribution in [0.15, 0.2) is 0 Å². The van der Waals surface area contributed by atoms with Crippen molar-refractivity contribution in [2.75, 3.05) is 39.3 Å². The molecule has 1 amide bonds. The minimum absolute atomic E-state index is 0.0680. The molecule has 0 aromatic rings. The SMILES string of the molecule is NCCCCCC(=O)N1CCN(CC(=O)O)CC1. The standard InChI is InChI=1S/C12H23N3O3/c13-5-3-1-2-4-11(16)15-8-6-14(7-9-15)10-12(17)18/h1-10,13H2,(H,17,18). The molecular formula is C12H23N3O3. The highest BCUT2D eigenvalue weighted by Crippen LogP contribution is 2.07. The first-order chi connectivity index (χ1) is 8.63. The number of hydrogen-bond donors (Lipinski definition) is 2. The van der Waals surface area contributed by atoms with Gasteiger partial charge in [0, 0.05) is 32.6 Å². The van der Waals surface area contributed by atoms with Gasteiger partial charge in [0.1, 0.15) is 0 Å². The molecule has 104 valence electrons. The van der Waals surface area contributed by atoms with Crippen LogP contribution in [0.1, 0.15) is 25.7 Å². The predicted molar refractivity (Wildman–Crippen MR) is 68.2 cm³/mol. The zero-order valence-corrected chi connectivity index (χ0v) is 10.8. The van der Waals surface area contributed by atoms with Gasteiger partial charge in [0.25, 0.3) is 0 Å². The highest BCUT2D eigenvalue weighted by atomic mass is 16.4. The first-order valence-corrected chi connectivity index (χ1v) is 6.55. The van der Waals surface area contributed by atoms with Crippen LogP contribution in [0, 0.1) is 0 Å². The summed E-state index contributed by atoms with van der Waals surface area (Å²) in [5, 5.41) is 8.68.